The van der Waals surface area contributed by atoms with Crippen molar-refractivity contribution >= 4 is 35.5 Å². The minimum atomic E-state index is -0.381. The number of rotatable bonds is 25. The van der Waals surface area contributed by atoms with Crippen LogP contribution in [-0.2, 0) is 12.8 Å². The molecule has 0 spiro atoms. The van der Waals surface area contributed by atoms with E-state index in [0.29, 0.717) is 34.3 Å². The normalized spacial score (nSPS) is 10.9. The summed E-state index contributed by atoms with van der Waals surface area (Å²) < 4.78 is 11.2. The number of benzene rings is 6. The number of carbonyl (C=O) groups excluding carboxylic acids is 2. The molecule has 8 nitrogen and oxygen atoms in total. The first kappa shape index (κ1) is 55.9. The maximum absolute atomic E-state index is 12.7. The molecule has 386 valence electrons. The van der Waals surface area contributed by atoms with Crippen molar-refractivity contribution in [1.29, 1.82) is 0 Å². The van der Waals surface area contributed by atoms with Crippen LogP contribution in [0.15, 0.2) is 180 Å². The van der Waals surface area contributed by atoms with Crippen molar-refractivity contribution in [3.63, 3.8) is 0 Å². The molecule has 2 aromatic heterocycles. The van der Waals surface area contributed by atoms with Gasteiger partial charge in [0.25, 0.3) is 0 Å². The number of esters is 2. The molecule has 0 bridgehead atoms. The second-order valence-electron chi connectivity index (χ2n) is 18.4. The number of aryl methyl sites for hydroxylation is 2. The van der Waals surface area contributed by atoms with E-state index in [1.807, 2.05) is 121 Å². The number of thioether (sulfide) groups is 2. The first-order valence-electron chi connectivity index (χ1n) is 26.8. The van der Waals surface area contributed by atoms with Crippen molar-refractivity contribution < 1.29 is 19.1 Å². The van der Waals surface area contributed by atoms with Gasteiger partial charge in [0.2, 0.25) is 0 Å². The van der Waals surface area contributed by atoms with E-state index in [0.717, 1.165) is 57.3 Å². The molecule has 0 saturated carbocycles. The molecule has 6 aromatic carbocycles. The highest BCUT2D eigenvalue weighted by Crippen LogP contribution is 2.29. The van der Waals surface area contributed by atoms with Gasteiger partial charge in [-0.3, -0.25) is 0 Å². The Morgan fingerprint density at radius 3 is 0.973 bits per heavy atom. The molecule has 75 heavy (non-hydrogen) atoms. The quantitative estimate of drug-likeness (QED) is 0.0238. The van der Waals surface area contributed by atoms with Gasteiger partial charge in [0.1, 0.15) is 11.5 Å². The third-order valence-electron chi connectivity index (χ3n) is 12.8. The molecule has 0 atom stereocenters. The Labute approximate surface area is 453 Å². The Balaban J connectivity index is 0.000000219. The Morgan fingerprint density at radius 1 is 0.360 bits per heavy atom. The summed E-state index contributed by atoms with van der Waals surface area (Å²) in [6.07, 6.45) is 23.7. The number of carbonyl (C=O) groups is 2. The van der Waals surface area contributed by atoms with Gasteiger partial charge in [-0.25, -0.2) is 29.5 Å². The lowest BCUT2D eigenvalue weighted by molar-refractivity contribution is 0.0725. The molecule has 10 heteroatoms. The van der Waals surface area contributed by atoms with Crippen LogP contribution in [0.3, 0.4) is 0 Å². The Morgan fingerprint density at radius 2 is 0.653 bits per heavy atom. The van der Waals surface area contributed by atoms with E-state index in [4.69, 9.17) is 9.47 Å². The Kier molecular flexibility index (Phi) is 22.7. The van der Waals surface area contributed by atoms with Gasteiger partial charge in [-0.05, 0) is 168 Å². The highest BCUT2D eigenvalue weighted by molar-refractivity contribution is 7.99. The lowest BCUT2D eigenvalue weighted by Crippen LogP contribution is -2.08. The first-order valence-corrected chi connectivity index (χ1v) is 28.7. The molecule has 2 heterocycles. The maximum atomic E-state index is 12.7. The van der Waals surface area contributed by atoms with E-state index < -0.39 is 0 Å². The van der Waals surface area contributed by atoms with Crippen molar-refractivity contribution in [2.24, 2.45) is 0 Å². The van der Waals surface area contributed by atoms with Crippen LogP contribution in [0.4, 0.5) is 0 Å². The van der Waals surface area contributed by atoms with Crippen molar-refractivity contribution in [3.05, 3.63) is 193 Å². The molecule has 0 amide bonds. The molecular formula is C65H70N4O4S2. The monoisotopic (exact) mass is 1030 g/mol. The molecule has 0 radical (unpaired) electrons. The SMILES string of the molecule is CCCCCCCCSc1ccc(-c2ccc(C(=O)Oc3ccc(-c4ncc(CC)cn4)cc3)cc2)cc1.CCCCCCCSc1ccc(-c2ccc(C(=O)Oc3ccc(-c4ncc(CC)cn4)cc3)cc2)cc1. The topological polar surface area (TPSA) is 104 Å². The standard InChI is InChI=1S/C33H36N2O2S.C32H34N2O2S/c1-3-5-6-7-8-9-22-38-31-20-16-27(17-21-31)26-10-12-29(13-11-26)33(36)37-30-18-14-28(15-19-30)32-34-23-25(4-2)24-35-32;1-3-5-6-7-8-21-37-30-19-15-26(16-20-30)25-9-11-28(12-10-25)32(35)36-29-17-13-27(14-18-29)31-33-22-24(4-2)23-34-31/h10-21,23-24H,3-9,22H2,1-2H3;9-20,22-23H,3-8,21H2,1-2H3. The van der Waals surface area contributed by atoms with Gasteiger partial charge in [-0.1, -0.05) is 134 Å². The second kappa shape index (κ2) is 30.5. The van der Waals surface area contributed by atoms with E-state index in [-0.39, 0.29) is 11.9 Å². The fourth-order valence-electron chi connectivity index (χ4n) is 8.10. The fraction of sp³-hybridized carbons (Fsp3) is 0.292. The summed E-state index contributed by atoms with van der Waals surface area (Å²) in [5.74, 6) is 3.86. The van der Waals surface area contributed by atoms with E-state index in [1.165, 1.54) is 91.9 Å². The van der Waals surface area contributed by atoms with Gasteiger partial charge < -0.3 is 9.47 Å². The number of nitrogens with zero attached hydrogens (tertiary/aromatic N) is 4. The van der Waals surface area contributed by atoms with Crippen LogP contribution in [0.5, 0.6) is 11.5 Å². The largest absolute Gasteiger partial charge is 0.423 e. The summed E-state index contributed by atoms with van der Waals surface area (Å²) in [7, 11) is 0. The number of unbranched alkanes of at least 4 members (excludes halogenated alkanes) is 9. The molecule has 0 aliphatic heterocycles. The number of ether oxygens (including phenoxy) is 2. The summed E-state index contributed by atoms with van der Waals surface area (Å²) in [4.78, 5) is 45.6. The third kappa shape index (κ3) is 17.9. The van der Waals surface area contributed by atoms with E-state index >= 15 is 0 Å². The van der Waals surface area contributed by atoms with Crippen LogP contribution in [-0.4, -0.2) is 43.4 Å². The predicted octanol–water partition coefficient (Wildman–Crippen LogP) is 17.7. The highest BCUT2D eigenvalue weighted by atomic mass is 32.2. The molecule has 0 saturated heterocycles. The molecular weight excluding hydrogens is 965 g/mol. The van der Waals surface area contributed by atoms with Gasteiger partial charge in [0.05, 0.1) is 11.1 Å². The van der Waals surface area contributed by atoms with Crippen molar-refractivity contribution in [1.82, 2.24) is 19.9 Å². The summed E-state index contributed by atoms with van der Waals surface area (Å²) in [6.45, 7) is 8.65. The van der Waals surface area contributed by atoms with Crippen molar-refractivity contribution in [2.45, 2.75) is 121 Å². The number of aromatic nitrogens is 4. The van der Waals surface area contributed by atoms with Gasteiger partial charge in [-0.15, -0.1) is 23.5 Å². The molecule has 0 N–H and O–H groups in total. The molecule has 0 unspecified atom stereocenters. The van der Waals surface area contributed by atoms with E-state index in [1.54, 1.807) is 24.3 Å². The zero-order valence-electron chi connectivity index (χ0n) is 44.0. The minimum absolute atomic E-state index is 0.380. The van der Waals surface area contributed by atoms with E-state index in [9.17, 15) is 9.59 Å². The predicted molar refractivity (Wildman–Crippen MR) is 311 cm³/mol. The van der Waals surface area contributed by atoms with Crippen molar-refractivity contribution in [2.75, 3.05) is 11.5 Å². The molecule has 0 aliphatic rings. The van der Waals surface area contributed by atoms with Gasteiger partial charge in [-0.2, -0.15) is 0 Å². The molecule has 8 rings (SSSR count). The smallest absolute Gasteiger partial charge is 0.343 e. The summed E-state index contributed by atoms with van der Waals surface area (Å²) >= 11 is 3.85. The average molecular weight is 1040 g/mol. The summed E-state index contributed by atoms with van der Waals surface area (Å²) in [5, 5.41) is 0. The zero-order valence-corrected chi connectivity index (χ0v) is 45.6. The number of hydrogen-bond acceptors (Lipinski definition) is 10. The van der Waals surface area contributed by atoms with Gasteiger partial charge >= 0.3 is 11.9 Å². The van der Waals surface area contributed by atoms with Crippen LogP contribution in [0, 0.1) is 0 Å². The minimum Gasteiger partial charge on any atom is -0.423 e. The van der Waals surface area contributed by atoms with Crippen molar-refractivity contribution in [3.8, 4) is 56.5 Å². The summed E-state index contributed by atoms with van der Waals surface area (Å²) in [6, 6.07) is 47.0. The van der Waals surface area contributed by atoms with Crippen LogP contribution >= 0.6 is 23.5 Å². The van der Waals surface area contributed by atoms with Crippen LogP contribution < -0.4 is 9.47 Å². The lowest BCUT2D eigenvalue weighted by Gasteiger charge is -2.08. The highest BCUT2D eigenvalue weighted by Gasteiger charge is 2.13. The zero-order chi connectivity index (χ0) is 52.5. The first-order chi connectivity index (χ1) is 36.8. The van der Waals surface area contributed by atoms with Crippen LogP contribution in [0.1, 0.15) is 130 Å². The fourth-order valence-corrected chi connectivity index (χ4v) is 9.93. The van der Waals surface area contributed by atoms with E-state index in [2.05, 4.69) is 96.2 Å². The molecule has 8 aromatic rings. The third-order valence-corrected chi connectivity index (χ3v) is 15.0. The van der Waals surface area contributed by atoms with Crippen LogP contribution in [0.2, 0.25) is 0 Å². The second-order valence-corrected chi connectivity index (χ2v) is 20.8. The number of hydrogen-bond donors (Lipinski definition) is 0. The van der Waals surface area contributed by atoms with Gasteiger partial charge in [0.15, 0.2) is 11.6 Å². The lowest BCUT2D eigenvalue weighted by atomic mass is 10.0. The molecule has 0 fully saturated rings. The summed E-state index contributed by atoms with van der Waals surface area (Å²) in [5.41, 5.74) is 9.41. The van der Waals surface area contributed by atoms with Gasteiger partial charge in [0, 0.05) is 45.7 Å². The van der Waals surface area contributed by atoms with Crippen LogP contribution in [0.25, 0.3) is 45.0 Å². The Hall–Kier alpha value is -6.88. The maximum Gasteiger partial charge on any atom is 0.343 e. The average Bonchev–Trinajstić information content (AvgIpc) is 3.47. The Bertz CT molecular complexity index is 2930. The molecule has 0 aliphatic carbocycles.